The van der Waals surface area contributed by atoms with Gasteiger partial charge in [-0.3, -0.25) is 0 Å². The summed E-state index contributed by atoms with van der Waals surface area (Å²) in [5, 5.41) is 14.9. The van der Waals surface area contributed by atoms with Crippen molar-refractivity contribution in [3.05, 3.63) is 83.1 Å². The zero-order chi connectivity index (χ0) is 23.4. The number of nitrogens with one attached hydrogen (secondary N) is 1. The van der Waals surface area contributed by atoms with E-state index in [2.05, 4.69) is 27.4 Å². The van der Waals surface area contributed by atoms with Crippen molar-refractivity contribution in [3.63, 3.8) is 0 Å². The van der Waals surface area contributed by atoms with Gasteiger partial charge in [0.05, 0.1) is 12.7 Å². The van der Waals surface area contributed by atoms with E-state index >= 15 is 0 Å². The Labute approximate surface area is 191 Å². The van der Waals surface area contributed by atoms with E-state index in [1.807, 2.05) is 49.4 Å². The molecular formula is C24H25N5O4. The molecule has 4 rings (SSSR count). The molecule has 1 atom stereocenters. The van der Waals surface area contributed by atoms with Crippen LogP contribution in [0.2, 0.25) is 0 Å². The summed E-state index contributed by atoms with van der Waals surface area (Å²) < 4.78 is 18.5. The minimum atomic E-state index is -0.604. The predicted octanol–water partition coefficient (Wildman–Crippen LogP) is 3.59. The number of fused-ring (bicyclic) bond motifs is 1. The van der Waals surface area contributed by atoms with Crippen molar-refractivity contribution in [1.82, 2.24) is 20.2 Å². The molecule has 33 heavy (non-hydrogen) atoms. The first-order chi connectivity index (χ1) is 16.0. The average molecular weight is 447 g/mol. The van der Waals surface area contributed by atoms with E-state index in [4.69, 9.17) is 14.2 Å². The summed E-state index contributed by atoms with van der Waals surface area (Å²) in [6, 6.07) is 12.9. The molecule has 0 radical (unpaired) electrons. The van der Waals surface area contributed by atoms with Crippen LogP contribution in [0.4, 0.5) is 5.95 Å². The number of aromatic nitrogens is 4. The van der Waals surface area contributed by atoms with E-state index in [0.29, 0.717) is 35.3 Å². The fourth-order valence-corrected chi connectivity index (χ4v) is 3.70. The van der Waals surface area contributed by atoms with Crippen molar-refractivity contribution in [2.45, 2.75) is 26.5 Å². The van der Waals surface area contributed by atoms with Crippen LogP contribution in [0.3, 0.4) is 0 Å². The summed E-state index contributed by atoms with van der Waals surface area (Å²) in [4.78, 5) is 12.9. The number of allylic oxidation sites excluding steroid dienone is 1. The van der Waals surface area contributed by atoms with Crippen LogP contribution in [0, 0.1) is 6.92 Å². The molecule has 0 bridgehead atoms. The summed E-state index contributed by atoms with van der Waals surface area (Å²) in [5.74, 6) is 1.07. The smallest absolute Gasteiger partial charge is 0.338 e. The summed E-state index contributed by atoms with van der Waals surface area (Å²) in [7, 11) is 1.57. The monoisotopic (exact) mass is 447 g/mol. The minimum absolute atomic E-state index is 0.0970. The Morgan fingerprint density at radius 2 is 2.03 bits per heavy atom. The third-order valence-electron chi connectivity index (χ3n) is 5.41. The number of methoxy groups -OCH3 is 1. The number of benzene rings is 2. The van der Waals surface area contributed by atoms with Gasteiger partial charge in [0.1, 0.15) is 19.3 Å². The second-order valence-electron chi connectivity index (χ2n) is 7.53. The van der Waals surface area contributed by atoms with Gasteiger partial charge in [-0.1, -0.05) is 48.1 Å². The van der Waals surface area contributed by atoms with Crippen LogP contribution in [0.25, 0.3) is 0 Å². The number of hydrogen-bond donors (Lipinski definition) is 1. The number of hydrogen-bond acceptors (Lipinski definition) is 8. The highest BCUT2D eigenvalue weighted by atomic mass is 16.5. The Bertz CT molecular complexity index is 1220. The molecular weight excluding hydrogens is 422 g/mol. The molecule has 2 heterocycles. The first kappa shape index (κ1) is 22.1. The zero-order valence-corrected chi connectivity index (χ0v) is 18.7. The Morgan fingerprint density at radius 3 is 2.79 bits per heavy atom. The van der Waals surface area contributed by atoms with Gasteiger partial charge < -0.3 is 19.5 Å². The van der Waals surface area contributed by atoms with Gasteiger partial charge in [-0.15, -0.1) is 0 Å². The van der Waals surface area contributed by atoms with E-state index < -0.39 is 12.0 Å². The lowest BCUT2D eigenvalue weighted by molar-refractivity contribution is -0.138. The van der Waals surface area contributed by atoms with Crippen LogP contribution in [-0.4, -0.2) is 39.9 Å². The molecule has 0 saturated carbocycles. The number of rotatable bonds is 8. The van der Waals surface area contributed by atoms with Crippen molar-refractivity contribution >= 4 is 11.9 Å². The fourth-order valence-electron chi connectivity index (χ4n) is 3.70. The standard InChI is InChI=1S/C24H25N5O4/c1-5-12-32-23(30)21-16(3)25-24-26-27-28-29(24)22(21)17-10-11-19(20(13-17)31-4)33-14-18-9-7-6-8-15(18)2/h5-11,13,22H,1,12,14H2,2-4H3,(H,25,26,28). The van der Waals surface area contributed by atoms with Crippen molar-refractivity contribution in [2.75, 3.05) is 19.0 Å². The van der Waals surface area contributed by atoms with Crippen LogP contribution in [0.1, 0.15) is 29.7 Å². The molecule has 1 N–H and O–H groups in total. The van der Waals surface area contributed by atoms with Gasteiger partial charge in [-0.25, -0.2) is 4.79 Å². The lowest BCUT2D eigenvalue weighted by Crippen LogP contribution is -2.29. The van der Waals surface area contributed by atoms with Gasteiger partial charge in [0.15, 0.2) is 11.5 Å². The molecule has 1 unspecified atom stereocenters. The van der Waals surface area contributed by atoms with Crippen molar-refractivity contribution in [2.24, 2.45) is 0 Å². The Kier molecular flexibility index (Phi) is 6.39. The van der Waals surface area contributed by atoms with Crippen LogP contribution in [-0.2, 0) is 16.1 Å². The van der Waals surface area contributed by atoms with Crippen molar-refractivity contribution in [3.8, 4) is 11.5 Å². The van der Waals surface area contributed by atoms with E-state index in [0.717, 1.165) is 16.7 Å². The summed E-state index contributed by atoms with van der Waals surface area (Å²) >= 11 is 0. The number of aryl methyl sites for hydroxylation is 1. The lowest BCUT2D eigenvalue weighted by atomic mass is 9.95. The molecule has 2 aromatic carbocycles. The van der Waals surface area contributed by atoms with Crippen LogP contribution in [0.5, 0.6) is 11.5 Å². The number of ether oxygens (including phenoxy) is 3. The van der Waals surface area contributed by atoms with E-state index in [1.165, 1.54) is 6.08 Å². The van der Waals surface area contributed by atoms with Crippen LogP contribution < -0.4 is 14.8 Å². The number of nitrogens with zero attached hydrogens (tertiary/aromatic N) is 4. The maximum absolute atomic E-state index is 12.9. The second kappa shape index (κ2) is 9.56. The maximum Gasteiger partial charge on any atom is 0.338 e. The average Bonchev–Trinajstić information content (AvgIpc) is 3.29. The molecule has 9 nitrogen and oxygen atoms in total. The molecule has 3 aromatic rings. The molecule has 0 amide bonds. The minimum Gasteiger partial charge on any atom is -0.493 e. The summed E-state index contributed by atoms with van der Waals surface area (Å²) in [5.41, 5.74) is 3.99. The Hall–Kier alpha value is -4.14. The van der Waals surface area contributed by atoms with Gasteiger partial charge in [0.2, 0.25) is 5.95 Å². The number of carbonyl (C=O) groups is 1. The van der Waals surface area contributed by atoms with Crippen molar-refractivity contribution < 1.29 is 19.0 Å². The normalized spacial score (nSPS) is 14.8. The Morgan fingerprint density at radius 1 is 1.21 bits per heavy atom. The molecule has 1 aliphatic rings. The van der Waals surface area contributed by atoms with Crippen molar-refractivity contribution in [1.29, 1.82) is 0 Å². The molecule has 0 fully saturated rings. The number of anilines is 1. The number of carbonyl (C=O) groups excluding carboxylic acids is 1. The Balaban J connectivity index is 1.68. The molecule has 170 valence electrons. The number of tetrazole rings is 1. The second-order valence-corrected chi connectivity index (χ2v) is 7.53. The molecule has 1 aromatic heterocycles. The quantitative estimate of drug-likeness (QED) is 0.413. The number of esters is 1. The highest BCUT2D eigenvalue weighted by molar-refractivity contribution is 5.92. The summed E-state index contributed by atoms with van der Waals surface area (Å²) in [6.45, 7) is 7.93. The van der Waals surface area contributed by atoms with Gasteiger partial charge in [0, 0.05) is 5.70 Å². The molecule has 1 aliphatic heterocycles. The molecule has 0 saturated heterocycles. The molecule has 0 aliphatic carbocycles. The van der Waals surface area contributed by atoms with E-state index in [1.54, 1.807) is 18.7 Å². The van der Waals surface area contributed by atoms with E-state index in [-0.39, 0.29) is 6.61 Å². The highest BCUT2D eigenvalue weighted by Gasteiger charge is 2.35. The third kappa shape index (κ3) is 4.43. The van der Waals surface area contributed by atoms with E-state index in [9.17, 15) is 4.79 Å². The fraction of sp³-hybridized carbons (Fsp3) is 0.250. The van der Waals surface area contributed by atoms with Gasteiger partial charge >= 0.3 is 5.97 Å². The summed E-state index contributed by atoms with van der Waals surface area (Å²) in [6.07, 6.45) is 1.52. The zero-order valence-electron chi connectivity index (χ0n) is 18.7. The SMILES string of the molecule is C=CCOC(=O)C1=C(C)Nc2nnnn2C1c1ccc(OCc2ccccc2C)c(OC)c1. The maximum atomic E-state index is 12.9. The van der Waals surface area contributed by atoms with Crippen LogP contribution >= 0.6 is 0 Å². The first-order valence-corrected chi connectivity index (χ1v) is 10.4. The highest BCUT2D eigenvalue weighted by Crippen LogP contribution is 2.38. The van der Waals surface area contributed by atoms with Gasteiger partial charge in [-0.05, 0) is 53.1 Å². The first-order valence-electron chi connectivity index (χ1n) is 10.4. The lowest BCUT2D eigenvalue weighted by Gasteiger charge is -2.27. The third-order valence-corrected chi connectivity index (χ3v) is 5.41. The van der Waals surface area contributed by atoms with Gasteiger partial charge in [-0.2, -0.15) is 4.68 Å². The predicted molar refractivity (Wildman–Crippen MR) is 122 cm³/mol. The molecule has 9 heteroatoms. The van der Waals surface area contributed by atoms with Gasteiger partial charge in [0.25, 0.3) is 0 Å². The largest absolute Gasteiger partial charge is 0.493 e. The molecule has 0 spiro atoms. The topological polar surface area (TPSA) is 100 Å². The van der Waals surface area contributed by atoms with Crippen LogP contribution in [0.15, 0.2) is 66.4 Å².